The number of fused-ring (bicyclic) bond motifs is 1. The summed E-state index contributed by atoms with van der Waals surface area (Å²) in [6, 6.07) is 20.9. The molecule has 0 radical (unpaired) electrons. The van der Waals surface area contributed by atoms with Crippen molar-refractivity contribution in [1.29, 1.82) is 0 Å². The Morgan fingerprint density at radius 2 is 1.50 bits per heavy atom. The summed E-state index contributed by atoms with van der Waals surface area (Å²) in [4.78, 5) is 4.55. The highest BCUT2D eigenvalue weighted by atomic mass is 79.9. The van der Waals surface area contributed by atoms with E-state index in [0.717, 1.165) is 25.6 Å². The van der Waals surface area contributed by atoms with E-state index in [-0.39, 0.29) is 5.75 Å². The third-order valence-corrected chi connectivity index (χ3v) is 5.07. The van der Waals surface area contributed by atoms with E-state index in [4.69, 9.17) is 4.42 Å². The molecule has 5 heteroatoms. The van der Waals surface area contributed by atoms with Gasteiger partial charge < -0.3 is 9.52 Å². The van der Waals surface area contributed by atoms with E-state index < -0.39 is 0 Å². The van der Waals surface area contributed by atoms with Crippen LogP contribution in [0.3, 0.4) is 0 Å². The monoisotopic (exact) mass is 469 g/mol. The first-order chi connectivity index (χ1) is 12.6. The zero-order valence-electron chi connectivity index (χ0n) is 13.5. The Morgan fingerprint density at radius 1 is 0.846 bits per heavy atom. The Labute approximate surface area is 167 Å². The van der Waals surface area contributed by atoms with Crippen LogP contribution in [0.25, 0.3) is 22.1 Å². The lowest BCUT2D eigenvalue weighted by atomic mass is 10.0. The number of rotatable bonds is 3. The van der Waals surface area contributed by atoms with Gasteiger partial charge in [0.1, 0.15) is 11.3 Å². The molecule has 0 atom stereocenters. The summed E-state index contributed by atoms with van der Waals surface area (Å²) in [7, 11) is 0. The smallest absolute Gasteiger partial charge is 0.228 e. The van der Waals surface area contributed by atoms with Crippen LogP contribution in [0.4, 0.5) is 5.88 Å². The molecular formula is C21H13Br2NO2. The van der Waals surface area contributed by atoms with Crippen LogP contribution < -0.4 is 0 Å². The van der Waals surface area contributed by atoms with E-state index in [1.165, 1.54) is 0 Å². The van der Waals surface area contributed by atoms with Gasteiger partial charge in [-0.3, -0.25) is 0 Å². The Hall–Kier alpha value is -2.37. The van der Waals surface area contributed by atoms with Crippen molar-refractivity contribution < 1.29 is 9.52 Å². The van der Waals surface area contributed by atoms with Gasteiger partial charge in [0.15, 0.2) is 0 Å². The maximum atomic E-state index is 10.4. The molecule has 3 nitrogen and oxygen atoms in total. The van der Waals surface area contributed by atoms with Crippen LogP contribution in [-0.4, -0.2) is 11.3 Å². The molecule has 4 rings (SSSR count). The number of nitrogens with zero attached hydrogens (tertiary/aromatic N) is 1. The average Bonchev–Trinajstić information content (AvgIpc) is 3.02. The minimum Gasteiger partial charge on any atom is -0.507 e. The number of furan rings is 1. The summed E-state index contributed by atoms with van der Waals surface area (Å²) in [5, 5.41) is 11.0. The van der Waals surface area contributed by atoms with Gasteiger partial charge in [0.25, 0.3) is 0 Å². The van der Waals surface area contributed by atoms with Gasteiger partial charge in [-0.2, -0.15) is 0 Å². The molecule has 1 heterocycles. The van der Waals surface area contributed by atoms with Crippen LogP contribution in [-0.2, 0) is 0 Å². The fourth-order valence-corrected chi connectivity index (χ4v) is 3.30. The molecule has 0 bridgehead atoms. The topological polar surface area (TPSA) is 45.7 Å². The predicted octanol–water partition coefficient (Wildman–Crippen LogP) is 7.08. The van der Waals surface area contributed by atoms with Crippen LogP contribution in [0.1, 0.15) is 5.56 Å². The van der Waals surface area contributed by atoms with Gasteiger partial charge in [0.05, 0.1) is 10.9 Å². The molecule has 0 saturated heterocycles. The van der Waals surface area contributed by atoms with Crippen molar-refractivity contribution in [3.05, 3.63) is 81.2 Å². The number of aliphatic imine (C=N–C) groups is 1. The summed E-state index contributed by atoms with van der Waals surface area (Å²) in [5.74, 6) is 0.640. The predicted molar refractivity (Wildman–Crippen MR) is 112 cm³/mol. The highest BCUT2D eigenvalue weighted by molar-refractivity contribution is 9.10. The molecule has 0 unspecified atom stereocenters. The molecule has 4 aromatic rings. The SMILES string of the molecule is Oc1cccc2oc(/N=C/c3ccc(Br)cc3)c(-c3ccc(Br)cc3)c12. The minimum atomic E-state index is 0.175. The van der Waals surface area contributed by atoms with Gasteiger partial charge in [0.2, 0.25) is 5.88 Å². The largest absolute Gasteiger partial charge is 0.507 e. The number of hydrogen-bond donors (Lipinski definition) is 1. The summed E-state index contributed by atoms with van der Waals surface area (Å²) in [5.41, 5.74) is 3.26. The van der Waals surface area contributed by atoms with Crippen LogP contribution >= 0.6 is 31.9 Å². The average molecular weight is 471 g/mol. The van der Waals surface area contributed by atoms with Crippen molar-refractivity contribution in [3.63, 3.8) is 0 Å². The summed E-state index contributed by atoms with van der Waals surface area (Å²) >= 11 is 6.88. The Bertz CT molecular complexity index is 1100. The van der Waals surface area contributed by atoms with Crippen molar-refractivity contribution >= 4 is 54.9 Å². The molecular weight excluding hydrogens is 458 g/mol. The number of phenolic OH excluding ortho intramolecular Hbond substituents is 1. The van der Waals surface area contributed by atoms with Gasteiger partial charge in [-0.25, -0.2) is 4.99 Å². The lowest BCUT2D eigenvalue weighted by Gasteiger charge is -2.02. The highest BCUT2D eigenvalue weighted by Crippen LogP contribution is 2.44. The first kappa shape index (κ1) is 17.1. The minimum absolute atomic E-state index is 0.175. The fourth-order valence-electron chi connectivity index (χ4n) is 2.78. The van der Waals surface area contributed by atoms with E-state index in [1.807, 2.05) is 54.6 Å². The van der Waals surface area contributed by atoms with E-state index in [9.17, 15) is 5.11 Å². The zero-order chi connectivity index (χ0) is 18.1. The molecule has 128 valence electrons. The van der Waals surface area contributed by atoms with E-state index >= 15 is 0 Å². The number of phenols is 1. The molecule has 0 aliphatic carbocycles. The van der Waals surface area contributed by atoms with E-state index in [2.05, 4.69) is 36.9 Å². The van der Waals surface area contributed by atoms with Crippen molar-refractivity contribution in [2.45, 2.75) is 0 Å². The molecule has 0 amide bonds. The Balaban J connectivity index is 1.88. The number of hydrogen-bond acceptors (Lipinski definition) is 3. The number of halogens is 2. The van der Waals surface area contributed by atoms with Crippen molar-refractivity contribution in [2.24, 2.45) is 4.99 Å². The number of benzene rings is 3. The highest BCUT2D eigenvalue weighted by Gasteiger charge is 2.18. The van der Waals surface area contributed by atoms with Gasteiger partial charge in [-0.1, -0.05) is 62.2 Å². The van der Waals surface area contributed by atoms with Crippen LogP contribution in [0, 0.1) is 0 Å². The number of aromatic hydroxyl groups is 1. The third-order valence-electron chi connectivity index (χ3n) is 4.01. The summed E-state index contributed by atoms with van der Waals surface area (Å²) < 4.78 is 7.93. The van der Waals surface area contributed by atoms with Gasteiger partial charge >= 0.3 is 0 Å². The molecule has 0 spiro atoms. The standard InChI is InChI=1S/C21H13Br2NO2/c22-15-8-4-13(5-9-15)12-24-21-19(14-6-10-16(23)11-7-14)20-17(25)2-1-3-18(20)26-21/h1-12,25H/b24-12+. The molecule has 0 aliphatic heterocycles. The lowest BCUT2D eigenvalue weighted by molar-refractivity contribution is 0.481. The Kier molecular flexibility index (Phi) is 4.66. The van der Waals surface area contributed by atoms with Crippen LogP contribution in [0.5, 0.6) is 5.75 Å². The molecule has 26 heavy (non-hydrogen) atoms. The van der Waals surface area contributed by atoms with Crippen molar-refractivity contribution in [3.8, 4) is 16.9 Å². The molecule has 0 fully saturated rings. The van der Waals surface area contributed by atoms with Crippen molar-refractivity contribution in [2.75, 3.05) is 0 Å². The van der Waals surface area contributed by atoms with Gasteiger partial charge in [-0.05, 0) is 47.5 Å². The van der Waals surface area contributed by atoms with E-state index in [1.54, 1.807) is 18.3 Å². The summed E-state index contributed by atoms with van der Waals surface area (Å²) in [6.07, 6.45) is 1.75. The Morgan fingerprint density at radius 3 is 2.19 bits per heavy atom. The quantitative estimate of drug-likeness (QED) is 0.325. The van der Waals surface area contributed by atoms with Gasteiger partial charge in [0, 0.05) is 15.2 Å². The molecule has 3 aromatic carbocycles. The normalized spacial score (nSPS) is 11.5. The second-order valence-corrected chi connectivity index (χ2v) is 7.58. The van der Waals surface area contributed by atoms with Gasteiger partial charge in [-0.15, -0.1) is 0 Å². The second-order valence-electron chi connectivity index (χ2n) is 5.75. The zero-order valence-corrected chi connectivity index (χ0v) is 16.7. The van der Waals surface area contributed by atoms with Crippen LogP contribution in [0.15, 0.2) is 85.1 Å². The third kappa shape index (κ3) is 3.32. The first-order valence-corrected chi connectivity index (χ1v) is 9.50. The maximum Gasteiger partial charge on any atom is 0.228 e. The first-order valence-electron chi connectivity index (χ1n) is 7.92. The second kappa shape index (κ2) is 7.09. The lowest BCUT2D eigenvalue weighted by Crippen LogP contribution is -1.80. The molecule has 1 N–H and O–H groups in total. The molecule has 0 aliphatic rings. The van der Waals surface area contributed by atoms with E-state index in [0.29, 0.717) is 16.9 Å². The molecule has 1 aromatic heterocycles. The van der Waals surface area contributed by atoms with Crippen LogP contribution in [0.2, 0.25) is 0 Å². The maximum absolute atomic E-state index is 10.4. The fraction of sp³-hybridized carbons (Fsp3) is 0. The molecule has 0 saturated carbocycles. The van der Waals surface area contributed by atoms with Crippen molar-refractivity contribution in [1.82, 2.24) is 0 Å². The summed E-state index contributed by atoms with van der Waals surface area (Å²) in [6.45, 7) is 0.